The molecule has 0 spiro atoms. The van der Waals surface area contributed by atoms with E-state index in [1.807, 2.05) is 9.80 Å². The van der Waals surface area contributed by atoms with E-state index >= 15 is 0 Å². The Hall–Kier alpha value is -1.11. The van der Waals surface area contributed by atoms with Gasteiger partial charge >= 0.3 is 0 Å². The fraction of sp³-hybridized carbons (Fsp3) is 0.632. The highest BCUT2D eigenvalue weighted by Crippen LogP contribution is 2.33. The number of carbonyl (C=O) groups is 1. The number of amides is 1. The minimum Gasteiger partial charge on any atom is -0.366 e. The monoisotopic (exact) mass is 421 g/mol. The molecule has 2 unspecified atom stereocenters. The maximum atomic E-state index is 13.9. The normalized spacial score (nSPS) is 27.0. The summed E-state index contributed by atoms with van der Waals surface area (Å²) < 4.78 is 27.3. The van der Waals surface area contributed by atoms with Gasteiger partial charge < -0.3 is 15.1 Å². The maximum Gasteiger partial charge on any atom is 0.222 e. The first kappa shape index (κ1) is 22.2. The van der Waals surface area contributed by atoms with Crippen molar-refractivity contribution in [2.75, 3.05) is 31.1 Å². The van der Waals surface area contributed by atoms with Gasteiger partial charge in [-0.05, 0) is 43.7 Å². The van der Waals surface area contributed by atoms with E-state index in [4.69, 9.17) is 0 Å². The predicted octanol–water partition coefficient (Wildman–Crippen LogP) is 3.38. The molecule has 3 heterocycles. The number of anilines is 1. The Labute approximate surface area is 171 Å². The molecule has 152 valence electrons. The van der Waals surface area contributed by atoms with Crippen molar-refractivity contribution in [2.24, 2.45) is 5.92 Å². The average molecular weight is 422 g/mol. The van der Waals surface area contributed by atoms with Crippen LogP contribution in [0.1, 0.15) is 32.1 Å². The lowest BCUT2D eigenvalue weighted by atomic mass is 9.89. The van der Waals surface area contributed by atoms with Gasteiger partial charge in [-0.15, -0.1) is 24.8 Å². The van der Waals surface area contributed by atoms with Crippen molar-refractivity contribution in [3.8, 4) is 0 Å². The zero-order valence-electron chi connectivity index (χ0n) is 15.2. The number of nitrogens with zero attached hydrogens (tertiary/aromatic N) is 2. The van der Waals surface area contributed by atoms with Crippen molar-refractivity contribution in [1.82, 2.24) is 10.2 Å². The number of piperazine rings is 1. The van der Waals surface area contributed by atoms with Crippen LogP contribution in [0, 0.1) is 17.6 Å². The molecule has 2 atom stereocenters. The molecule has 3 aliphatic rings. The molecule has 8 heteroatoms. The van der Waals surface area contributed by atoms with Gasteiger partial charge in [0.1, 0.15) is 11.6 Å². The van der Waals surface area contributed by atoms with E-state index in [0.717, 1.165) is 25.0 Å². The van der Waals surface area contributed by atoms with E-state index in [9.17, 15) is 13.6 Å². The quantitative estimate of drug-likeness (QED) is 0.812. The molecular weight excluding hydrogens is 395 g/mol. The van der Waals surface area contributed by atoms with Gasteiger partial charge in [0.05, 0.1) is 5.69 Å². The molecule has 1 aromatic rings. The minimum absolute atomic E-state index is 0. The highest BCUT2D eigenvalue weighted by Gasteiger charge is 2.35. The average Bonchev–Trinajstić information content (AvgIpc) is 2.95. The van der Waals surface area contributed by atoms with Crippen LogP contribution in [0.25, 0.3) is 0 Å². The summed E-state index contributed by atoms with van der Waals surface area (Å²) in [6.07, 6.45) is 5.33. The first-order valence-corrected chi connectivity index (χ1v) is 9.32. The van der Waals surface area contributed by atoms with Gasteiger partial charge in [-0.1, -0.05) is 0 Å². The summed E-state index contributed by atoms with van der Waals surface area (Å²) in [6.45, 7) is 2.24. The molecule has 2 bridgehead atoms. The second-order valence-corrected chi connectivity index (χ2v) is 7.64. The van der Waals surface area contributed by atoms with Crippen LogP contribution in [0.2, 0.25) is 0 Å². The van der Waals surface area contributed by atoms with Gasteiger partial charge in [0, 0.05) is 50.7 Å². The lowest BCUT2D eigenvalue weighted by Crippen LogP contribution is -2.50. The van der Waals surface area contributed by atoms with E-state index in [1.165, 1.54) is 18.9 Å². The Kier molecular flexibility index (Phi) is 7.72. The smallest absolute Gasteiger partial charge is 0.222 e. The van der Waals surface area contributed by atoms with Crippen molar-refractivity contribution in [1.29, 1.82) is 0 Å². The van der Waals surface area contributed by atoms with Crippen LogP contribution in [0.4, 0.5) is 14.5 Å². The van der Waals surface area contributed by atoms with Gasteiger partial charge in [-0.25, -0.2) is 8.78 Å². The summed E-state index contributed by atoms with van der Waals surface area (Å²) in [4.78, 5) is 16.3. The highest BCUT2D eigenvalue weighted by molar-refractivity contribution is 5.85. The number of halogens is 4. The number of nitrogens with one attached hydrogen (secondary N) is 1. The van der Waals surface area contributed by atoms with Gasteiger partial charge in [0.2, 0.25) is 5.91 Å². The maximum absolute atomic E-state index is 13.9. The molecule has 3 saturated heterocycles. The third kappa shape index (κ3) is 5.04. The second kappa shape index (κ2) is 9.39. The Bertz CT molecular complexity index is 644. The number of hydrogen-bond donors (Lipinski definition) is 1. The van der Waals surface area contributed by atoms with E-state index in [0.29, 0.717) is 56.3 Å². The fourth-order valence-electron chi connectivity index (χ4n) is 4.64. The molecule has 27 heavy (non-hydrogen) atoms. The van der Waals surface area contributed by atoms with Crippen LogP contribution in [0.15, 0.2) is 18.2 Å². The van der Waals surface area contributed by atoms with Crippen LogP contribution in [0.5, 0.6) is 0 Å². The molecule has 3 fully saturated rings. The third-order valence-corrected chi connectivity index (χ3v) is 5.92. The number of rotatable bonds is 3. The molecule has 1 aromatic carbocycles. The SMILES string of the molecule is Cl.Cl.O=C(CC1CC2CCC(C1)N2)N1CCN(c2cc(F)ccc2F)CC1. The first-order chi connectivity index (χ1) is 12.1. The Morgan fingerprint density at radius 1 is 1.04 bits per heavy atom. The largest absolute Gasteiger partial charge is 0.366 e. The van der Waals surface area contributed by atoms with Gasteiger partial charge in [0.15, 0.2) is 0 Å². The highest BCUT2D eigenvalue weighted by atomic mass is 35.5. The summed E-state index contributed by atoms with van der Waals surface area (Å²) in [7, 11) is 0. The zero-order chi connectivity index (χ0) is 17.4. The van der Waals surface area contributed by atoms with Crippen molar-refractivity contribution >= 4 is 36.4 Å². The number of benzene rings is 1. The molecule has 0 aliphatic carbocycles. The van der Waals surface area contributed by atoms with Crippen LogP contribution in [0.3, 0.4) is 0 Å². The van der Waals surface area contributed by atoms with Crippen molar-refractivity contribution in [3.05, 3.63) is 29.8 Å². The van der Waals surface area contributed by atoms with E-state index in [1.54, 1.807) is 0 Å². The number of carbonyl (C=O) groups excluding carboxylic acids is 1. The summed E-state index contributed by atoms with van der Waals surface area (Å²) in [6, 6.07) is 4.73. The predicted molar refractivity (Wildman–Crippen MR) is 107 cm³/mol. The van der Waals surface area contributed by atoms with E-state index in [-0.39, 0.29) is 30.7 Å². The van der Waals surface area contributed by atoms with Crippen LogP contribution in [-0.2, 0) is 4.79 Å². The Morgan fingerprint density at radius 2 is 1.67 bits per heavy atom. The molecule has 0 aromatic heterocycles. The Balaban J connectivity index is 0.00000131. The summed E-state index contributed by atoms with van der Waals surface area (Å²) in [5, 5.41) is 3.61. The fourth-order valence-corrected chi connectivity index (χ4v) is 4.64. The Morgan fingerprint density at radius 3 is 2.30 bits per heavy atom. The van der Waals surface area contributed by atoms with Crippen LogP contribution in [-0.4, -0.2) is 49.1 Å². The molecule has 3 aliphatic heterocycles. The second-order valence-electron chi connectivity index (χ2n) is 7.64. The number of piperidine rings is 1. The standard InChI is InChI=1S/C19H25F2N3O.2ClH/c20-14-1-4-17(21)18(12-14)23-5-7-24(8-6-23)19(25)11-13-9-15-2-3-16(10-13)22-15;;/h1,4,12-13,15-16,22H,2-3,5-11H2;2*1H. The van der Waals surface area contributed by atoms with Crippen LogP contribution < -0.4 is 10.2 Å². The minimum atomic E-state index is -0.435. The zero-order valence-corrected chi connectivity index (χ0v) is 16.8. The summed E-state index contributed by atoms with van der Waals surface area (Å²) in [5.41, 5.74) is 0.294. The summed E-state index contributed by atoms with van der Waals surface area (Å²) in [5.74, 6) is -0.141. The van der Waals surface area contributed by atoms with E-state index in [2.05, 4.69) is 5.32 Å². The molecule has 4 rings (SSSR count). The number of hydrogen-bond acceptors (Lipinski definition) is 3. The van der Waals surface area contributed by atoms with E-state index < -0.39 is 11.6 Å². The first-order valence-electron chi connectivity index (χ1n) is 9.32. The molecule has 1 amide bonds. The third-order valence-electron chi connectivity index (χ3n) is 5.92. The van der Waals surface area contributed by atoms with Gasteiger partial charge in [-0.3, -0.25) is 4.79 Å². The lowest BCUT2D eigenvalue weighted by molar-refractivity contribution is -0.132. The molecule has 4 nitrogen and oxygen atoms in total. The van der Waals surface area contributed by atoms with Crippen LogP contribution >= 0.6 is 24.8 Å². The van der Waals surface area contributed by atoms with Gasteiger partial charge in [-0.2, -0.15) is 0 Å². The molecule has 0 radical (unpaired) electrons. The van der Waals surface area contributed by atoms with Gasteiger partial charge in [0.25, 0.3) is 0 Å². The summed E-state index contributed by atoms with van der Waals surface area (Å²) >= 11 is 0. The molecule has 0 saturated carbocycles. The number of fused-ring (bicyclic) bond motifs is 2. The lowest BCUT2D eigenvalue weighted by Gasteiger charge is -2.37. The van der Waals surface area contributed by atoms with Crippen molar-refractivity contribution in [2.45, 2.75) is 44.2 Å². The molecular formula is C19H27Cl2F2N3O. The molecule has 1 N–H and O–H groups in total. The van der Waals surface area contributed by atoms with Crippen molar-refractivity contribution < 1.29 is 13.6 Å². The van der Waals surface area contributed by atoms with Crippen molar-refractivity contribution in [3.63, 3.8) is 0 Å². The topological polar surface area (TPSA) is 35.6 Å².